The van der Waals surface area contributed by atoms with Crippen LogP contribution < -0.4 is 4.74 Å². The second-order valence-corrected chi connectivity index (χ2v) is 13.8. The SMILES string of the molecule is CCN(C)CCOC(=O)OCCC(CCO)(CCCOC(=O)OCCN(C)S(C)(=O)=O)CCCOc1ccc(N=Nc2ccccc2)cc1. The van der Waals surface area contributed by atoms with E-state index in [2.05, 4.69) is 10.2 Å². The van der Waals surface area contributed by atoms with Gasteiger partial charge in [-0.3, -0.25) is 0 Å². The zero-order chi connectivity index (χ0) is 36.0. The van der Waals surface area contributed by atoms with Gasteiger partial charge in [0.2, 0.25) is 10.0 Å². The van der Waals surface area contributed by atoms with Crippen LogP contribution in [0.4, 0.5) is 21.0 Å². The molecule has 0 aliphatic carbocycles. The Hall–Kier alpha value is -3.79. The number of rotatable bonds is 24. The van der Waals surface area contributed by atoms with Crippen molar-refractivity contribution in [2.24, 2.45) is 15.6 Å². The maximum Gasteiger partial charge on any atom is 0.508 e. The predicted octanol–water partition coefficient (Wildman–Crippen LogP) is 5.95. The van der Waals surface area contributed by atoms with Crippen LogP contribution in [0.2, 0.25) is 0 Å². The van der Waals surface area contributed by atoms with Gasteiger partial charge in [0.05, 0.1) is 37.5 Å². The highest BCUT2D eigenvalue weighted by atomic mass is 32.2. The minimum atomic E-state index is -3.38. The molecule has 2 aromatic rings. The fourth-order valence-corrected chi connectivity index (χ4v) is 5.15. The summed E-state index contributed by atoms with van der Waals surface area (Å²) in [5.41, 5.74) is 1.02. The number of benzene rings is 2. The molecule has 14 nitrogen and oxygen atoms in total. The fraction of sp³-hybridized carbons (Fsp3) is 0.588. The van der Waals surface area contributed by atoms with E-state index < -0.39 is 27.7 Å². The maximum absolute atomic E-state index is 12.2. The van der Waals surface area contributed by atoms with Crippen LogP contribution in [0.15, 0.2) is 64.8 Å². The summed E-state index contributed by atoms with van der Waals surface area (Å²) >= 11 is 0. The molecule has 1 N–H and O–H groups in total. The molecule has 1 atom stereocenters. The molecule has 0 aliphatic heterocycles. The van der Waals surface area contributed by atoms with E-state index in [0.717, 1.165) is 22.8 Å². The number of ether oxygens (including phenoxy) is 5. The monoisotopic (exact) mass is 708 g/mol. The first kappa shape index (κ1) is 41.4. The van der Waals surface area contributed by atoms with Crippen LogP contribution in [0.25, 0.3) is 0 Å². The van der Waals surface area contributed by atoms with E-state index in [9.17, 15) is 23.1 Å². The van der Waals surface area contributed by atoms with Crippen LogP contribution in [0.1, 0.15) is 45.4 Å². The number of aliphatic hydroxyl groups is 1. The second kappa shape index (κ2) is 22.8. The summed E-state index contributed by atoms with van der Waals surface area (Å²) in [7, 11) is -0.0638. The number of hydrogen-bond acceptors (Lipinski definition) is 13. The molecule has 274 valence electrons. The van der Waals surface area contributed by atoms with Gasteiger partial charge in [0.1, 0.15) is 19.0 Å². The van der Waals surface area contributed by atoms with Crippen molar-refractivity contribution >= 4 is 33.7 Å². The first-order valence-electron chi connectivity index (χ1n) is 16.5. The fourth-order valence-electron chi connectivity index (χ4n) is 4.75. The van der Waals surface area contributed by atoms with E-state index in [1.54, 1.807) is 0 Å². The Bertz CT molecular complexity index is 1360. The van der Waals surface area contributed by atoms with Gasteiger partial charge in [0.25, 0.3) is 0 Å². The van der Waals surface area contributed by atoms with Gasteiger partial charge in [0, 0.05) is 26.7 Å². The lowest BCUT2D eigenvalue weighted by Crippen LogP contribution is -2.30. The molecule has 0 saturated heterocycles. The molecule has 0 fully saturated rings. The van der Waals surface area contributed by atoms with Crippen LogP contribution in [0, 0.1) is 5.41 Å². The molecule has 0 heterocycles. The third kappa shape index (κ3) is 18.0. The third-order valence-electron chi connectivity index (χ3n) is 7.98. The Morgan fingerprint density at radius 1 is 0.735 bits per heavy atom. The summed E-state index contributed by atoms with van der Waals surface area (Å²) in [5.74, 6) is 0.681. The Morgan fingerprint density at radius 3 is 1.88 bits per heavy atom. The van der Waals surface area contributed by atoms with E-state index in [1.165, 1.54) is 7.05 Å². The molecule has 0 spiro atoms. The molecule has 0 saturated carbocycles. The van der Waals surface area contributed by atoms with Crippen molar-refractivity contribution in [2.75, 3.05) is 79.6 Å². The average Bonchev–Trinajstić information content (AvgIpc) is 3.08. The van der Waals surface area contributed by atoms with Crippen molar-refractivity contribution < 1.29 is 46.8 Å². The van der Waals surface area contributed by atoms with Crippen molar-refractivity contribution in [1.82, 2.24) is 9.21 Å². The quantitative estimate of drug-likeness (QED) is 0.0778. The molecule has 0 amide bonds. The zero-order valence-electron chi connectivity index (χ0n) is 29.1. The average molecular weight is 709 g/mol. The summed E-state index contributed by atoms with van der Waals surface area (Å²) in [6.45, 7) is 4.02. The van der Waals surface area contributed by atoms with E-state index in [0.29, 0.717) is 63.1 Å². The van der Waals surface area contributed by atoms with Crippen molar-refractivity contribution in [3.63, 3.8) is 0 Å². The molecule has 1 unspecified atom stereocenters. The van der Waals surface area contributed by atoms with Crippen molar-refractivity contribution in [2.45, 2.75) is 45.4 Å². The second-order valence-electron chi connectivity index (χ2n) is 11.7. The van der Waals surface area contributed by atoms with Gasteiger partial charge in [-0.25, -0.2) is 22.3 Å². The van der Waals surface area contributed by atoms with Gasteiger partial charge >= 0.3 is 12.3 Å². The molecule has 0 bridgehead atoms. The van der Waals surface area contributed by atoms with E-state index in [1.807, 2.05) is 73.5 Å². The number of sulfonamides is 1. The van der Waals surface area contributed by atoms with Gasteiger partial charge in [-0.05, 0) is 93.9 Å². The highest BCUT2D eigenvalue weighted by Crippen LogP contribution is 2.37. The normalized spacial score (nSPS) is 13.0. The Morgan fingerprint density at radius 2 is 1.29 bits per heavy atom. The molecule has 0 aliphatic rings. The lowest BCUT2D eigenvalue weighted by atomic mass is 9.74. The van der Waals surface area contributed by atoms with Crippen molar-refractivity contribution in [1.29, 1.82) is 0 Å². The van der Waals surface area contributed by atoms with Crippen LogP contribution in [0.3, 0.4) is 0 Å². The highest BCUT2D eigenvalue weighted by molar-refractivity contribution is 7.88. The summed E-state index contributed by atoms with van der Waals surface area (Å²) in [4.78, 5) is 26.2. The molecule has 49 heavy (non-hydrogen) atoms. The van der Waals surface area contributed by atoms with Gasteiger partial charge in [-0.1, -0.05) is 25.1 Å². The summed E-state index contributed by atoms with van der Waals surface area (Å²) in [6, 6.07) is 16.8. The minimum absolute atomic E-state index is 0.0108. The first-order chi connectivity index (χ1) is 23.5. The van der Waals surface area contributed by atoms with Crippen LogP contribution in [-0.4, -0.2) is 115 Å². The number of nitrogens with zero attached hydrogens (tertiary/aromatic N) is 4. The van der Waals surface area contributed by atoms with Gasteiger partial charge in [-0.15, -0.1) is 0 Å². The molecular formula is C34H52N4O10S. The van der Waals surface area contributed by atoms with Crippen LogP contribution in [-0.2, 0) is 29.0 Å². The zero-order valence-corrected chi connectivity index (χ0v) is 29.9. The Labute approximate surface area is 290 Å². The van der Waals surface area contributed by atoms with Crippen molar-refractivity contribution in [3.8, 4) is 5.75 Å². The standard InChI is InChI=1S/C34H52N4O10S/c1-5-37(2)21-27-47-33(41)46-26-20-34(19-23-39,18-10-25-45-32(40)48-28-22-38(3)49(4,42)43)17-9-24-44-31-15-13-30(14-16-31)36-35-29-11-7-6-8-12-29/h6-8,11-16,39H,5,9-10,17-28H2,1-4H3. The molecule has 2 rings (SSSR count). The lowest BCUT2D eigenvalue weighted by Gasteiger charge is -2.33. The minimum Gasteiger partial charge on any atom is -0.494 e. The Kier molecular flexibility index (Phi) is 19.2. The van der Waals surface area contributed by atoms with Crippen LogP contribution in [0.5, 0.6) is 5.75 Å². The van der Waals surface area contributed by atoms with Gasteiger partial charge < -0.3 is 33.7 Å². The van der Waals surface area contributed by atoms with Gasteiger partial charge in [0.15, 0.2) is 0 Å². The topological polar surface area (TPSA) is 166 Å². The third-order valence-corrected chi connectivity index (χ3v) is 9.30. The summed E-state index contributed by atoms with van der Waals surface area (Å²) in [5, 5.41) is 18.5. The van der Waals surface area contributed by atoms with Crippen molar-refractivity contribution in [3.05, 3.63) is 54.6 Å². The number of likely N-dealkylation sites (N-methyl/N-ethyl adjacent to an activating group) is 2. The Balaban J connectivity index is 1.91. The molecule has 0 radical (unpaired) electrons. The van der Waals surface area contributed by atoms with E-state index in [4.69, 9.17) is 23.7 Å². The largest absolute Gasteiger partial charge is 0.508 e. The summed E-state index contributed by atoms with van der Waals surface area (Å²) in [6.07, 6.45) is 2.66. The first-order valence-corrected chi connectivity index (χ1v) is 18.3. The van der Waals surface area contributed by atoms with E-state index in [-0.39, 0.29) is 39.6 Å². The molecule has 2 aromatic carbocycles. The smallest absolute Gasteiger partial charge is 0.494 e. The molecule has 15 heteroatoms. The highest BCUT2D eigenvalue weighted by Gasteiger charge is 2.30. The predicted molar refractivity (Wildman–Crippen MR) is 185 cm³/mol. The maximum atomic E-state index is 12.2. The summed E-state index contributed by atoms with van der Waals surface area (Å²) < 4.78 is 50.7. The number of hydrogen-bond donors (Lipinski definition) is 1. The number of azo groups is 1. The van der Waals surface area contributed by atoms with Gasteiger partial charge in [-0.2, -0.15) is 10.2 Å². The number of carbonyl (C=O) groups excluding carboxylic acids is 2. The molecule has 0 aromatic heterocycles. The molecular weight excluding hydrogens is 656 g/mol. The lowest BCUT2D eigenvalue weighted by molar-refractivity contribution is 0.0274. The van der Waals surface area contributed by atoms with E-state index >= 15 is 0 Å². The van der Waals surface area contributed by atoms with Crippen LogP contribution >= 0.6 is 0 Å². The number of aliphatic hydroxyl groups excluding tert-OH is 1. The number of carbonyl (C=O) groups is 2.